The topological polar surface area (TPSA) is 485 Å². The summed E-state index contributed by atoms with van der Waals surface area (Å²) in [7, 11) is 9.96. The molecule has 8 heterocycles. The first-order valence-corrected chi connectivity index (χ1v) is 49.1. The van der Waals surface area contributed by atoms with Gasteiger partial charge in [0.15, 0.2) is 23.3 Å². The molecule has 0 spiro atoms. The van der Waals surface area contributed by atoms with Gasteiger partial charge in [-0.25, -0.2) is 15.0 Å². The predicted molar refractivity (Wildman–Crippen MR) is 533 cm³/mol. The highest BCUT2D eigenvalue weighted by Gasteiger charge is 2.34. The first-order valence-electron chi connectivity index (χ1n) is 47.9. The van der Waals surface area contributed by atoms with Gasteiger partial charge in [-0.3, -0.25) is 62.3 Å². The zero-order chi connectivity index (χ0) is 100. The van der Waals surface area contributed by atoms with Gasteiger partial charge in [-0.2, -0.15) is 0 Å². The highest BCUT2D eigenvalue weighted by Crippen LogP contribution is 2.40. The molecule has 10 rings (SSSR count). The number of aliphatic imine (C=N–C) groups is 1. The number of benzene rings is 2. The number of anilines is 6. The fourth-order valence-corrected chi connectivity index (χ4v) is 16.7. The number of carbonyl (C=O) groups is 11. The molecule has 43 heteroatoms. The number of nitrogens with zero attached hydrogens (tertiary/aromatic N) is 13. The van der Waals surface area contributed by atoms with Crippen LogP contribution in [0.5, 0.6) is 5.75 Å². The van der Waals surface area contributed by atoms with E-state index in [0.717, 1.165) is 70.3 Å². The van der Waals surface area contributed by atoms with Gasteiger partial charge in [-0.15, -0.1) is 21.5 Å². The van der Waals surface area contributed by atoms with Crippen LogP contribution in [0.2, 0.25) is 5.02 Å². The SMILES string of the molecule is CCCCCCCCCCCCCCCC(=O)Nc1cn(C)c(C(=O)Nc2cc(C(=O)NCCC(=O)Nc3cn(C)c(C(=O)Nc4cc(C(=O)NCCC(=O)Nc5cn(C)c(C(=O)NCCC(=O)NCCCN(C)CCCNC(=O)CCOCCOCCOCCOCCOCCOc6ccc(NC(=O)C[C@@H]7N=C(c8ccc(Cl)cc8)c8c(sc(C)c8C)-n8c(C)nnc87)cc6)n5)n(C)c4)n3)n(C)c2)n1. The number of ether oxygens (including phenoxy) is 6. The molecular weight excluding hydrogens is 1840 g/mol. The maximum Gasteiger partial charge on any atom is 0.291 e. The van der Waals surface area contributed by atoms with E-state index in [1.165, 1.54) is 118 Å². The molecule has 11 amide bonds. The second-order valence-electron chi connectivity index (χ2n) is 34.2. The van der Waals surface area contributed by atoms with Gasteiger partial charge in [0, 0.05) is 158 Å². The van der Waals surface area contributed by atoms with Crippen molar-refractivity contribution in [1.82, 2.24) is 84.0 Å². The summed E-state index contributed by atoms with van der Waals surface area (Å²) in [5.74, 6) is -2.22. The van der Waals surface area contributed by atoms with Crippen LogP contribution < -0.4 is 63.2 Å². The standard InChI is InChI=1S/C97H135ClN24O17S/c1-11-12-13-14-15-16-17-18-19-20-21-22-23-26-82(125)108-77-63-120(9)90(112-77)95(132)105-71-57-75(117(6)60-71)93(130)102-43-37-84(127)110-79-64-121(10)91(113-79)96(133)106-72-58-76(118(7)61-72)92(129)101-42-36-83(126)109-78-62-119(8)89(111-78)94(131)103-41-35-80(123)99-39-24-44-116(5)45-25-40-100-81(124)38-46-134-47-48-135-49-50-136-51-52-137-53-54-138-55-56-139-73-33-31-70(32-34-73)104-85(128)59-74-88-115-114-67(4)122(88)97-86(65(2)66(3)140-97)87(107-74)68-27-29-69(98)30-28-68/h27-34,57-58,60-64,74H,11-26,35-56,59H2,1-10H3,(H,99,123)(H,100,124)(H,101,129)(H,102,130)(H,103,131)(H,104,128)(H,105,132)(H,106,133)(H,108,125)(H,109,126)(H,110,127)/t74-/m0/s1. The molecule has 0 aliphatic carbocycles. The van der Waals surface area contributed by atoms with Crippen molar-refractivity contribution in [2.24, 2.45) is 40.2 Å². The van der Waals surface area contributed by atoms with Crippen molar-refractivity contribution in [2.75, 3.05) is 157 Å². The van der Waals surface area contributed by atoms with E-state index in [9.17, 15) is 52.7 Å². The molecule has 0 radical (unpaired) electrons. The van der Waals surface area contributed by atoms with Gasteiger partial charge >= 0.3 is 0 Å². The van der Waals surface area contributed by atoms with Gasteiger partial charge in [0.2, 0.25) is 52.9 Å². The summed E-state index contributed by atoms with van der Waals surface area (Å²) >= 11 is 7.92. The Morgan fingerprint density at radius 1 is 0.414 bits per heavy atom. The number of hydrogen-bond donors (Lipinski definition) is 11. The normalized spacial score (nSPS) is 12.1. The van der Waals surface area contributed by atoms with Gasteiger partial charge in [-0.1, -0.05) is 108 Å². The third-order valence-electron chi connectivity index (χ3n) is 22.9. The molecule has 41 nitrogen and oxygen atoms in total. The minimum atomic E-state index is -0.651. The number of imidazole rings is 3. The van der Waals surface area contributed by atoms with E-state index in [4.69, 9.17) is 45.0 Å². The molecule has 1 aliphatic heterocycles. The first kappa shape index (κ1) is 109. The average Bonchev–Trinajstić information content (AvgIpc) is 1.59. The van der Waals surface area contributed by atoms with Crippen LogP contribution in [0, 0.1) is 20.8 Å². The summed E-state index contributed by atoms with van der Waals surface area (Å²) in [6, 6.07) is 17.0. The Morgan fingerprint density at radius 3 is 1.33 bits per heavy atom. The number of nitrogens with one attached hydrogen (secondary N) is 11. The van der Waals surface area contributed by atoms with Crippen LogP contribution in [0.25, 0.3) is 5.00 Å². The van der Waals surface area contributed by atoms with Gasteiger partial charge in [0.25, 0.3) is 29.5 Å². The number of aryl methyl sites for hydroxylation is 7. The van der Waals surface area contributed by atoms with Crippen LogP contribution in [-0.4, -0.2) is 254 Å². The maximum atomic E-state index is 13.6. The molecule has 140 heavy (non-hydrogen) atoms. The van der Waals surface area contributed by atoms with Crippen molar-refractivity contribution in [1.29, 1.82) is 0 Å². The lowest BCUT2D eigenvalue weighted by molar-refractivity contribution is -0.122. The summed E-state index contributed by atoms with van der Waals surface area (Å²) in [6.07, 6.45) is 25.0. The van der Waals surface area contributed by atoms with Crippen LogP contribution in [0.1, 0.15) is 234 Å². The van der Waals surface area contributed by atoms with E-state index in [0.29, 0.717) is 127 Å². The third kappa shape index (κ3) is 35.8. The summed E-state index contributed by atoms with van der Waals surface area (Å²) in [6.45, 7) is 14.6. The number of aromatic nitrogens is 11. The third-order valence-corrected chi connectivity index (χ3v) is 24.3. The molecule has 0 fully saturated rings. The number of thiophene rings is 1. The van der Waals surface area contributed by atoms with Gasteiger partial charge < -0.3 is 115 Å². The van der Waals surface area contributed by atoms with E-state index < -0.39 is 47.4 Å². The first-order chi connectivity index (χ1) is 67.6. The fraction of sp³-hybridized carbons (Fsp3) is 0.515. The number of hydrogen-bond acceptors (Lipinski definition) is 25. The van der Waals surface area contributed by atoms with Crippen molar-refractivity contribution < 1.29 is 81.2 Å². The van der Waals surface area contributed by atoms with Gasteiger partial charge in [0.05, 0.1) is 89.6 Å². The van der Waals surface area contributed by atoms with E-state index >= 15 is 0 Å². The Kier molecular flexibility index (Phi) is 44.9. The second-order valence-corrected chi connectivity index (χ2v) is 35.9. The van der Waals surface area contributed by atoms with Crippen LogP contribution in [0.4, 0.5) is 34.5 Å². The van der Waals surface area contributed by atoms with Crippen LogP contribution in [-0.2, 0) is 87.7 Å². The van der Waals surface area contributed by atoms with Crippen molar-refractivity contribution in [3.8, 4) is 10.8 Å². The summed E-state index contributed by atoms with van der Waals surface area (Å²) in [5.41, 5.74) is 5.33. The monoisotopic (exact) mass is 1970 g/mol. The molecule has 2 aromatic carbocycles. The Balaban J connectivity index is 0.480. The molecule has 11 N–H and O–H groups in total. The Hall–Kier alpha value is -12.8. The molecule has 9 aromatic rings. The lowest BCUT2D eigenvalue weighted by Gasteiger charge is -2.16. The number of halogens is 1. The molecule has 0 bridgehead atoms. The van der Waals surface area contributed by atoms with E-state index in [1.807, 2.05) is 42.8 Å². The lowest BCUT2D eigenvalue weighted by Crippen LogP contribution is -2.33. The Bertz CT molecular complexity index is 5620. The molecule has 0 saturated heterocycles. The molecular formula is C97H135ClN24O17S. The molecule has 0 saturated carbocycles. The highest BCUT2D eigenvalue weighted by atomic mass is 35.5. The van der Waals surface area contributed by atoms with Crippen molar-refractivity contribution in [3.63, 3.8) is 0 Å². The summed E-state index contributed by atoms with van der Waals surface area (Å²) in [4.78, 5) is 165. The average molecular weight is 1980 g/mol. The maximum absolute atomic E-state index is 13.6. The number of amides is 11. The zero-order valence-electron chi connectivity index (χ0n) is 81.9. The number of carbonyl (C=O) groups excluding carboxylic acids is 11. The molecule has 0 unspecified atom stereocenters. The number of rotatable bonds is 64. The highest BCUT2D eigenvalue weighted by molar-refractivity contribution is 7.15. The van der Waals surface area contributed by atoms with Crippen LogP contribution in [0.15, 0.2) is 96.6 Å². The summed E-state index contributed by atoms with van der Waals surface area (Å²) < 4.78 is 43.2. The largest absolute Gasteiger partial charge is 0.491 e. The minimum absolute atomic E-state index is 0.00717. The lowest BCUT2D eigenvalue weighted by atomic mass is 9.99. The Labute approximate surface area is 824 Å². The smallest absolute Gasteiger partial charge is 0.291 e. The van der Waals surface area contributed by atoms with E-state index in [1.54, 1.807) is 83.2 Å². The predicted octanol–water partition coefficient (Wildman–Crippen LogP) is 10.8. The van der Waals surface area contributed by atoms with Crippen LogP contribution >= 0.6 is 22.9 Å². The summed E-state index contributed by atoms with van der Waals surface area (Å²) in [5, 5.41) is 40.8. The molecule has 7 aromatic heterocycles. The van der Waals surface area contributed by atoms with Crippen molar-refractivity contribution >= 4 is 128 Å². The van der Waals surface area contributed by atoms with Gasteiger partial charge in [-0.05, 0) is 114 Å². The Morgan fingerprint density at radius 2 is 0.843 bits per heavy atom. The van der Waals surface area contributed by atoms with E-state index in [2.05, 4.69) is 109 Å². The van der Waals surface area contributed by atoms with Gasteiger partial charge in [0.1, 0.15) is 40.6 Å². The van der Waals surface area contributed by atoms with E-state index in [-0.39, 0.29) is 134 Å². The van der Waals surface area contributed by atoms with Crippen molar-refractivity contribution in [3.05, 3.63) is 159 Å². The number of unbranched alkanes of at least 4 members (excludes halogenated alkanes) is 12. The molecule has 1 atom stereocenters. The number of fused-ring (bicyclic) bond motifs is 3. The van der Waals surface area contributed by atoms with Crippen LogP contribution in [0.3, 0.4) is 0 Å². The fourth-order valence-electron chi connectivity index (χ4n) is 15.3. The second kappa shape index (κ2) is 57.6. The molecule has 758 valence electrons. The zero-order valence-corrected chi connectivity index (χ0v) is 83.4. The molecule has 1 aliphatic rings. The minimum Gasteiger partial charge on any atom is -0.491 e. The van der Waals surface area contributed by atoms with Crippen molar-refractivity contribution in [2.45, 2.75) is 169 Å². The quantitative estimate of drug-likeness (QED) is 0.0158.